The molecular weight excluding hydrogens is 248 g/mol. The number of nitrogens with one attached hydrogen (secondary N) is 1. The van der Waals surface area contributed by atoms with Gasteiger partial charge in [0.05, 0.1) is 11.4 Å². The lowest BCUT2D eigenvalue weighted by molar-refractivity contribution is 0.221. The Kier molecular flexibility index (Phi) is 6.05. The maximum atomic E-state index is 4.66. The molecule has 0 aromatic carbocycles. The van der Waals surface area contributed by atoms with E-state index < -0.39 is 0 Å². The van der Waals surface area contributed by atoms with E-state index >= 15 is 0 Å². The van der Waals surface area contributed by atoms with Crippen LogP contribution >= 0.6 is 0 Å². The molecule has 0 radical (unpaired) electrons. The highest BCUT2D eigenvalue weighted by atomic mass is 15.3. The number of nitrogens with zero attached hydrogens (tertiary/aromatic N) is 3. The number of hydrogen-bond acceptors (Lipinski definition) is 3. The van der Waals surface area contributed by atoms with Gasteiger partial charge in [-0.05, 0) is 45.3 Å². The molecule has 0 saturated carbocycles. The summed E-state index contributed by atoms with van der Waals surface area (Å²) in [6, 6.07) is 2.95. The number of piperidine rings is 1. The molecule has 0 spiro atoms. The molecular formula is C16H30N4. The van der Waals surface area contributed by atoms with Gasteiger partial charge in [0.15, 0.2) is 0 Å². The largest absolute Gasteiger partial charge is 0.313 e. The van der Waals surface area contributed by atoms with Crippen LogP contribution in [0.4, 0.5) is 0 Å². The number of aromatic nitrogens is 2. The summed E-state index contributed by atoms with van der Waals surface area (Å²) in [6.07, 6.45) is 5.06. The van der Waals surface area contributed by atoms with Gasteiger partial charge in [-0.25, -0.2) is 0 Å². The summed E-state index contributed by atoms with van der Waals surface area (Å²) in [4.78, 5) is 2.55. The Balaban J connectivity index is 1.96. The van der Waals surface area contributed by atoms with Crippen molar-refractivity contribution in [3.05, 3.63) is 17.5 Å². The second-order valence-corrected chi connectivity index (χ2v) is 5.77. The van der Waals surface area contributed by atoms with E-state index in [9.17, 15) is 0 Å². The zero-order valence-corrected chi connectivity index (χ0v) is 13.4. The zero-order valence-electron chi connectivity index (χ0n) is 13.4. The van der Waals surface area contributed by atoms with Crippen LogP contribution in [0.5, 0.6) is 0 Å². The van der Waals surface area contributed by atoms with Crippen molar-refractivity contribution in [2.45, 2.75) is 65.6 Å². The van der Waals surface area contributed by atoms with Gasteiger partial charge in [0.2, 0.25) is 0 Å². The van der Waals surface area contributed by atoms with Crippen LogP contribution in [0.2, 0.25) is 0 Å². The van der Waals surface area contributed by atoms with Gasteiger partial charge in [0, 0.05) is 25.7 Å². The normalized spacial score (nSPS) is 19.7. The van der Waals surface area contributed by atoms with Crippen molar-refractivity contribution in [3.63, 3.8) is 0 Å². The van der Waals surface area contributed by atoms with Gasteiger partial charge >= 0.3 is 0 Å². The van der Waals surface area contributed by atoms with E-state index in [1.165, 1.54) is 37.2 Å². The molecule has 1 atom stereocenters. The SMILES string of the molecule is CCc1cc(CN(CC)CC2CCCCN2)n(CC)n1. The van der Waals surface area contributed by atoms with Gasteiger partial charge < -0.3 is 5.32 Å². The van der Waals surface area contributed by atoms with Gasteiger partial charge in [-0.3, -0.25) is 9.58 Å². The second-order valence-electron chi connectivity index (χ2n) is 5.77. The molecule has 2 heterocycles. The molecule has 2 rings (SSSR count). The van der Waals surface area contributed by atoms with Crippen LogP contribution in [0.3, 0.4) is 0 Å². The molecule has 114 valence electrons. The lowest BCUT2D eigenvalue weighted by Crippen LogP contribution is -2.43. The van der Waals surface area contributed by atoms with Crippen LogP contribution < -0.4 is 5.32 Å². The summed E-state index contributed by atoms with van der Waals surface area (Å²) in [6.45, 7) is 12.1. The second kappa shape index (κ2) is 7.79. The molecule has 4 nitrogen and oxygen atoms in total. The number of rotatable bonds is 7. The predicted octanol–water partition coefficient (Wildman–Crippen LogP) is 2.43. The molecule has 1 aliphatic heterocycles. The van der Waals surface area contributed by atoms with Gasteiger partial charge in [0.1, 0.15) is 0 Å². The number of likely N-dealkylation sites (N-methyl/N-ethyl adjacent to an activating group) is 1. The molecule has 1 N–H and O–H groups in total. The standard InChI is InChI=1S/C16H30N4/c1-4-14-11-16(20(6-3)18-14)13-19(5-2)12-15-9-7-8-10-17-15/h11,15,17H,4-10,12-13H2,1-3H3. The topological polar surface area (TPSA) is 33.1 Å². The van der Waals surface area contributed by atoms with E-state index in [0.29, 0.717) is 6.04 Å². The van der Waals surface area contributed by atoms with Gasteiger partial charge in [-0.1, -0.05) is 20.3 Å². The third kappa shape index (κ3) is 4.06. The molecule has 1 aromatic heterocycles. The van der Waals surface area contributed by atoms with Crippen molar-refractivity contribution in [2.24, 2.45) is 0 Å². The first kappa shape index (κ1) is 15.5. The highest BCUT2D eigenvalue weighted by Crippen LogP contribution is 2.12. The minimum atomic E-state index is 0.673. The summed E-state index contributed by atoms with van der Waals surface area (Å²) >= 11 is 0. The summed E-state index contributed by atoms with van der Waals surface area (Å²) in [5, 5.41) is 8.31. The fourth-order valence-corrected chi connectivity index (χ4v) is 3.01. The van der Waals surface area contributed by atoms with Crippen LogP contribution in [0.25, 0.3) is 0 Å². The third-order valence-corrected chi connectivity index (χ3v) is 4.30. The highest BCUT2D eigenvalue weighted by molar-refractivity contribution is 5.10. The molecule has 0 amide bonds. The Morgan fingerprint density at radius 3 is 2.80 bits per heavy atom. The summed E-state index contributed by atoms with van der Waals surface area (Å²) in [5.74, 6) is 0. The molecule has 1 aromatic rings. The van der Waals surface area contributed by atoms with Crippen LogP contribution in [0.1, 0.15) is 51.4 Å². The average molecular weight is 278 g/mol. The van der Waals surface area contributed by atoms with Crippen molar-refractivity contribution >= 4 is 0 Å². The molecule has 1 aliphatic rings. The van der Waals surface area contributed by atoms with E-state index in [4.69, 9.17) is 0 Å². The Labute approximate surface area is 123 Å². The number of hydrogen-bond donors (Lipinski definition) is 1. The summed E-state index contributed by atoms with van der Waals surface area (Å²) in [7, 11) is 0. The van der Waals surface area contributed by atoms with Crippen molar-refractivity contribution in [1.29, 1.82) is 0 Å². The first-order valence-electron chi connectivity index (χ1n) is 8.28. The van der Waals surface area contributed by atoms with E-state index in [2.05, 4.69) is 46.8 Å². The Hall–Kier alpha value is -0.870. The predicted molar refractivity (Wildman–Crippen MR) is 83.9 cm³/mol. The van der Waals surface area contributed by atoms with E-state index in [1.807, 2.05) is 0 Å². The first-order chi connectivity index (χ1) is 9.76. The minimum absolute atomic E-state index is 0.673. The molecule has 1 saturated heterocycles. The Bertz CT molecular complexity index is 393. The van der Waals surface area contributed by atoms with Crippen LogP contribution in [0.15, 0.2) is 6.07 Å². The van der Waals surface area contributed by atoms with Crippen molar-refractivity contribution in [2.75, 3.05) is 19.6 Å². The number of aryl methyl sites for hydroxylation is 2. The van der Waals surface area contributed by atoms with Crippen LogP contribution in [-0.2, 0) is 19.5 Å². The third-order valence-electron chi connectivity index (χ3n) is 4.30. The van der Waals surface area contributed by atoms with Gasteiger partial charge in [-0.15, -0.1) is 0 Å². The van der Waals surface area contributed by atoms with Crippen molar-refractivity contribution in [3.8, 4) is 0 Å². The molecule has 0 bridgehead atoms. The summed E-state index contributed by atoms with van der Waals surface area (Å²) < 4.78 is 2.16. The van der Waals surface area contributed by atoms with E-state index in [1.54, 1.807) is 0 Å². The van der Waals surface area contributed by atoms with E-state index in [0.717, 1.165) is 32.6 Å². The Morgan fingerprint density at radius 1 is 1.35 bits per heavy atom. The first-order valence-corrected chi connectivity index (χ1v) is 8.28. The average Bonchev–Trinajstić information content (AvgIpc) is 2.89. The maximum absolute atomic E-state index is 4.66. The lowest BCUT2D eigenvalue weighted by Gasteiger charge is -2.29. The smallest absolute Gasteiger partial charge is 0.0625 e. The Morgan fingerprint density at radius 2 is 2.20 bits per heavy atom. The maximum Gasteiger partial charge on any atom is 0.0625 e. The molecule has 1 unspecified atom stereocenters. The monoisotopic (exact) mass is 278 g/mol. The highest BCUT2D eigenvalue weighted by Gasteiger charge is 2.17. The van der Waals surface area contributed by atoms with Crippen molar-refractivity contribution < 1.29 is 0 Å². The summed E-state index contributed by atoms with van der Waals surface area (Å²) in [5.41, 5.74) is 2.58. The molecule has 0 aliphatic carbocycles. The zero-order chi connectivity index (χ0) is 14.4. The van der Waals surface area contributed by atoms with Crippen LogP contribution in [-0.4, -0.2) is 40.4 Å². The fraction of sp³-hybridized carbons (Fsp3) is 0.812. The minimum Gasteiger partial charge on any atom is -0.313 e. The van der Waals surface area contributed by atoms with Crippen LogP contribution in [0, 0.1) is 0 Å². The fourth-order valence-electron chi connectivity index (χ4n) is 3.01. The van der Waals surface area contributed by atoms with Gasteiger partial charge in [-0.2, -0.15) is 5.10 Å². The van der Waals surface area contributed by atoms with Gasteiger partial charge in [0.25, 0.3) is 0 Å². The quantitative estimate of drug-likeness (QED) is 0.831. The molecule has 4 heteroatoms. The van der Waals surface area contributed by atoms with Crippen molar-refractivity contribution in [1.82, 2.24) is 20.0 Å². The molecule has 1 fully saturated rings. The van der Waals surface area contributed by atoms with E-state index in [-0.39, 0.29) is 0 Å². The lowest BCUT2D eigenvalue weighted by atomic mass is 10.0. The molecule has 20 heavy (non-hydrogen) atoms.